The molecule has 600 valence electrons. The van der Waals surface area contributed by atoms with E-state index in [-0.39, 0.29) is 25.7 Å². The van der Waals surface area contributed by atoms with Crippen molar-refractivity contribution in [3.8, 4) is 0 Å². The van der Waals surface area contributed by atoms with E-state index in [4.69, 9.17) is 37.0 Å². The van der Waals surface area contributed by atoms with E-state index in [0.717, 1.165) is 95.8 Å². The molecule has 0 spiro atoms. The fraction of sp³-hybridized carbons (Fsp3) is 0.951. The third-order valence-electron chi connectivity index (χ3n) is 19.3. The molecule has 0 fully saturated rings. The van der Waals surface area contributed by atoms with Gasteiger partial charge in [0.25, 0.3) is 0 Å². The summed E-state index contributed by atoms with van der Waals surface area (Å²) in [6.07, 6.45) is 66.4. The molecule has 0 bridgehead atoms. The highest BCUT2D eigenvalue weighted by Gasteiger charge is 2.30. The van der Waals surface area contributed by atoms with Crippen LogP contribution >= 0.6 is 15.6 Å². The first-order chi connectivity index (χ1) is 49.0. The Kier molecular flexibility index (Phi) is 73.5. The molecule has 0 aromatic heterocycles. The normalized spacial score (nSPS) is 13.8. The zero-order valence-corrected chi connectivity index (χ0v) is 67.8. The summed E-state index contributed by atoms with van der Waals surface area (Å²) in [5, 5.41) is 10.7. The molecule has 0 aromatic carbocycles. The van der Waals surface area contributed by atoms with E-state index in [1.165, 1.54) is 263 Å². The topological polar surface area (TPSA) is 237 Å². The van der Waals surface area contributed by atoms with Crippen LogP contribution in [0.4, 0.5) is 0 Å². The Bertz CT molecular complexity index is 1930. The van der Waals surface area contributed by atoms with Crippen LogP contribution in [0.1, 0.15) is 439 Å². The SMILES string of the molecule is CCCCCCCCCCCCCCCCCCCC(=O)OC[C@H](COP(=O)(O)OC[C@@H](O)COP(=O)(O)OC[C@@H](COC(=O)CCCCCCCCCCCCCC)OC(=O)CCCCCCCCCCCCCCC)OC(=O)CCCCCCCCCCCCCCCCCCC(C)C. The van der Waals surface area contributed by atoms with E-state index < -0.39 is 97.5 Å². The lowest BCUT2D eigenvalue weighted by atomic mass is 10.0. The van der Waals surface area contributed by atoms with Crippen LogP contribution in [0.2, 0.25) is 0 Å². The van der Waals surface area contributed by atoms with E-state index in [0.29, 0.717) is 25.7 Å². The number of hydrogen-bond donors (Lipinski definition) is 3. The second-order valence-corrected chi connectivity index (χ2v) is 32.9. The number of unbranched alkanes of at least 4 members (excludes halogenated alkanes) is 54. The predicted molar refractivity (Wildman–Crippen MR) is 414 cm³/mol. The summed E-state index contributed by atoms with van der Waals surface area (Å²) in [4.78, 5) is 73.1. The quantitative estimate of drug-likeness (QED) is 0.0222. The van der Waals surface area contributed by atoms with Crippen molar-refractivity contribution in [2.45, 2.75) is 457 Å². The highest BCUT2D eigenvalue weighted by Crippen LogP contribution is 2.45. The van der Waals surface area contributed by atoms with Crippen molar-refractivity contribution in [3.05, 3.63) is 0 Å². The average molecular weight is 1480 g/mol. The maximum absolute atomic E-state index is 13.1. The smallest absolute Gasteiger partial charge is 0.462 e. The molecule has 2 unspecified atom stereocenters. The zero-order valence-electron chi connectivity index (χ0n) is 66.1. The Labute approximate surface area is 619 Å². The van der Waals surface area contributed by atoms with Gasteiger partial charge in [0.15, 0.2) is 12.2 Å². The monoisotopic (exact) mass is 1480 g/mol. The van der Waals surface area contributed by atoms with Gasteiger partial charge < -0.3 is 33.8 Å². The first kappa shape index (κ1) is 99.1. The van der Waals surface area contributed by atoms with Gasteiger partial charge in [-0.3, -0.25) is 37.3 Å². The molecule has 0 saturated carbocycles. The van der Waals surface area contributed by atoms with Crippen LogP contribution in [-0.4, -0.2) is 96.7 Å². The lowest BCUT2D eigenvalue weighted by molar-refractivity contribution is -0.161. The van der Waals surface area contributed by atoms with Gasteiger partial charge in [-0.1, -0.05) is 388 Å². The third-order valence-corrected chi connectivity index (χ3v) is 21.2. The van der Waals surface area contributed by atoms with E-state index in [2.05, 4.69) is 34.6 Å². The molecule has 19 heteroatoms. The molecule has 0 aliphatic rings. The molecule has 5 atom stereocenters. The van der Waals surface area contributed by atoms with Gasteiger partial charge in [-0.25, -0.2) is 9.13 Å². The fourth-order valence-electron chi connectivity index (χ4n) is 12.8. The van der Waals surface area contributed by atoms with Crippen molar-refractivity contribution in [1.82, 2.24) is 0 Å². The molecule has 0 amide bonds. The molecular formula is C82H160O17P2. The van der Waals surface area contributed by atoms with Gasteiger partial charge >= 0.3 is 39.5 Å². The maximum Gasteiger partial charge on any atom is 0.472 e. The molecular weight excluding hydrogens is 1320 g/mol. The highest BCUT2D eigenvalue weighted by molar-refractivity contribution is 7.47. The Morgan fingerprint density at radius 1 is 0.267 bits per heavy atom. The maximum atomic E-state index is 13.1. The summed E-state index contributed by atoms with van der Waals surface area (Å²) >= 11 is 0. The first-order valence-electron chi connectivity index (χ1n) is 42.6. The summed E-state index contributed by atoms with van der Waals surface area (Å²) in [6.45, 7) is 7.38. The second kappa shape index (κ2) is 74.9. The Morgan fingerprint density at radius 2 is 0.455 bits per heavy atom. The molecule has 3 N–H and O–H groups in total. The third kappa shape index (κ3) is 76.1. The van der Waals surface area contributed by atoms with E-state index >= 15 is 0 Å². The largest absolute Gasteiger partial charge is 0.472 e. The molecule has 0 heterocycles. The average Bonchev–Trinajstić information content (AvgIpc) is 0.936. The summed E-state index contributed by atoms with van der Waals surface area (Å²) in [7, 11) is -9.92. The minimum absolute atomic E-state index is 0.108. The van der Waals surface area contributed by atoms with Gasteiger partial charge in [0.1, 0.15) is 19.3 Å². The second-order valence-electron chi connectivity index (χ2n) is 30.0. The van der Waals surface area contributed by atoms with Crippen molar-refractivity contribution in [3.63, 3.8) is 0 Å². The number of aliphatic hydroxyl groups is 1. The van der Waals surface area contributed by atoms with Crippen LogP contribution in [-0.2, 0) is 65.4 Å². The van der Waals surface area contributed by atoms with Gasteiger partial charge in [0.2, 0.25) is 0 Å². The number of phosphoric acid groups is 2. The Balaban J connectivity index is 5.25. The molecule has 0 saturated heterocycles. The summed E-state index contributed by atoms with van der Waals surface area (Å²) in [5.41, 5.74) is 0. The molecule has 0 aliphatic carbocycles. The molecule has 101 heavy (non-hydrogen) atoms. The number of esters is 4. The summed E-state index contributed by atoms with van der Waals surface area (Å²) < 4.78 is 68.8. The molecule has 0 aromatic rings. The minimum atomic E-state index is -4.96. The predicted octanol–water partition coefficient (Wildman–Crippen LogP) is 24.8. The van der Waals surface area contributed by atoms with E-state index in [9.17, 15) is 43.2 Å². The molecule has 0 radical (unpaired) electrons. The fourth-order valence-corrected chi connectivity index (χ4v) is 14.3. The van der Waals surface area contributed by atoms with Crippen molar-refractivity contribution in [2.24, 2.45) is 5.92 Å². The standard InChI is InChI=1S/C82H160O17P2/c1-6-9-12-15-18-21-24-27-28-29-33-37-41-46-51-56-61-66-80(85)93-72-78(99-82(87)68-63-58-53-48-43-38-34-31-30-32-36-39-44-49-54-59-64-75(4)5)74-97-101(90,91)95-70-76(83)69-94-100(88,89)96-73-77(71-92-79(84)65-60-55-50-45-40-26-23-20-17-14-11-8-3)98-81(86)67-62-57-52-47-42-35-25-22-19-16-13-10-7-2/h75-78,83H,6-74H2,1-5H3,(H,88,89)(H,90,91)/t76-,77+,78+/m0/s1. The van der Waals surface area contributed by atoms with Crippen LogP contribution in [0.15, 0.2) is 0 Å². The van der Waals surface area contributed by atoms with Crippen LogP contribution in [0, 0.1) is 5.92 Å². The van der Waals surface area contributed by atoms with Crippen molar-refractivity contribution < 1.29 is 80.2 Å². The lowest BCUT2D eigenvalue weighted by Crippen LogP contribution is -2.30. The number of aliphatic hydroxyl groups excluding tert-OH is 1. The van der Waals surface area contributed by atoms with Crippen LogP contribution in [0.3, 0.4) is 0 Å². The molecule has 0 aliphatic heterocycles. The van der Waals surface area contributed by atoms with Crippen LogP contribution in [0.5, 0.6) is 0 Å². The van der Waals surface area contributed by atoms with Crippen molar-refractivity contribution in [1.29, 1.82) is 0 Å². The Hall–Kier alpha value is -1.94. The number of carbonyl (C=O) groups excluding carboxylic acids is 4. The number of hydrogen-bond acceptors (Lipinski definition) is 15. The summed E-state index contributed by atoms with van der Waals surface area (Å²) in [5.74, 6) is -1.29. The number of rotatable bonds is 82. The molecule has 0 rings (SSSR count). The van der Waals surface area contributed by atoms with Gasteiger partial charge in [-0.05, 0) is 31.6 Å². The van der Waals surface area contributed by atoms with Gasteiger partial charge in [-0.2, -0.15) is 0 Å². The van der Waals surface area contributed by atoms with Crippen molar-refractivity contribution in [2.75, 3.05) is 39.6 Å². The number of carbonyl (C=O) groups is 4. The van der Waals surface area contributed by atoms with E-state index in [1.807, 2.05) is 0 Å². The van der Waals surface area contributed by atoms with Crippen LogP contribution < -0.4 is 0 Å². The number of ether oxygens (including phenoxy) is 4. The number of phosphoric ester groups is 2. The van der Waals surface area contributed by atoms with E-state index in [1.54, 1.807) is 0 Å². The highest BCUT2D eigenvalue weighted by atomic mass is 31.2. The van der Waals surface area contributed by atoms with Crippen LogP contribution in [0.25, 0.3) is 0 Å². The minimum Gasteiger partial charge on any atom is -0.462 e. The van der Waals surface area contributed by atoms with Crippen molar-refractivity contribution >= 4 is 39.5 Å². The Morgan fingerprint density at radius 3 is 0.673 bits per heavy atom. The lowest BCUT2D eigenvalue weighted by Gasteiger charge is -2.21. The first-order valence-corrected chi connectivity index (χ1v) is 45.6. The van der Waals surface area contributed by atoms with Gasteiger partial charge in [-0.15, -0.1) is 0 Å². The van der Waals surface area contributed by atoms with Gasteiger partial charge in [0.05, 0.1) is 26.4 Å². The van der Waals surface area contributed by atoms with Gasteiger partial charge in [0, 0.05) is 25.7 Å². The summed E-state index contributed by atoms with van der Waals surface area (Å²) in [6, 6.07) is 0. The molecule has 17 nitrogen and oxygen atoms in total. The zero-order chi connectivity index (χ0) is 74.1.